The van der Waals surface area contributed by atoms with Gasteiger partial charge in [-0.05, 0) is 17.7 Å². The first-order chi connectivity index (χ1) is 12.3. The van der Waals surface area contributed by atoms with Crippen LogP contribution in [0.4, 0.5) is 5.69 Å². The highest BCUT2D eigenvalue weighted by Crippen LogP contribution is 2.32. The van der Waals surface area contributed by atoms with Crippen LogP contribution in [0.3, 0.4) is 0 Å². The summed E-state index contributed by atoms with van der Waals surface area (Å²) in [6.07, 6.45) is 0.725. The SMILES string of the molecule is O=C(Nc1ccc2c(c1)OCCO2)c1csc(Cc2ccccc2)n1. The number of aromatic nitrogens is 1. The quantitative estimate of drug-likeness (QED) is 0.777. The van der Waals surface area contributed by atoms with Crippen molar-refractivity contribution in [2.45, 2.75) is 6.42 Å². The van der Waals surface area contributed by atoms with E-state index in [1.807, 2.05) is 18.2 Å². The molecule has 0 aliphatic carbocycles. The van der Waals surface area contributed by atoms with E-state index in [1.54, 1.807) is 23.6 Å². The van der Waals surface area contributed by atoms with Crippen LogP contribution in [-0.2, 0) is 6.42 Å². The van der Waals surface area contributed by atoms with Crippen LogP contribution in [0.1, 0.15) is 21.1 Å². The molecule has 5 nitrogen and oxygen atoms in total. The lowest BCUT2D eigenvalue weighted by molar-refractivity contribution is 0.102. The van der Waals surface area contributed by atoms with Crippen LogP contribution in [0.15, 0.2) is 53.9 Å². The molecule has 0 radical (unpaired) electrons. The number of amides is 1. The number of thiazole rings is 1. The Labute approximate surface area is 149 Å². The highest BCUT2D eigenvalue weighted by atomic mass is 32.1. The van der Waals surface area contributed by atoms with Gasteiger partial charge in [-0.3, -0.25) is 4.79 Å². The summed E-state index contributed by atoms with van der Waals surface area (Å²) < 4.78 is 11.0. The van der Waals surface area contributed by atoms with E-state index in [4.69, 9.17) is 9.47 Å². The molecular formula is C19H16N2O3S. The van der Waals surface area contributed by atoms with Gasteiger partial charge in [0.05, 0.1) is 5.01 Å². The Morgan fingerprint density at radius 1 is 1.08 bits per heavy atom. The van der Waals surface area contributed by atoms with Crippen LogP contribution in [0.2, 0.25) is 0 Å². The lowest BCUT2D eigenvalue weighted by atomic mass is 10.2. The molecule has 0 spiro atoms. The van der Waals surface area contributed by atoms with Crippen LogP contribution in [0, 0.1) is 0 Å². The molecule has 4 rings (SSSR count). The van der Waals surface area contributed by atoms with E-state index in [0.29, 0.717) is 36.1 Å². The first-order valence-corrected chi connectivity index (χ1v) is 8.85. The molecule has 0 atom stereocenters. The van der Waals surface area contributed by atoms with Crippen molar-refractivity contribution in [3.8, 4) is 11.5 Å². The second-order valence-corrected chi connectivity index (χ2v) is 6.54. The largest absolute Gasteiger partial charge is 0.486 e. The number of nitrogens with zero attached hydrogens (tertiary/aromatic N) is 1. The maximum Gasteiger partial charge on any atom is 0.275 e. The molecule has 1 aromatic heterocycles. The van der Waals surface area contributed by atoms with Gasteiger partial charge in [-0.1, -0.05) is 30.3 Å². The van der Waals surface area contributed by atoms with E-state index in [0.717, 1.165) is 11.4 Å². The maximum absolute atomic E-state index is 12.4. The molecule has 3 aromatic rings. The van der Waals surface area contributed by atoms with Gasteiger partial charge in [-0.15, -0.1) is 11.3 Å². The van der Waals surface area contributed by atoms with Crippen LogP contribution in [0.25, 0.3) is 0 Å². The van der Waals surface area contributed by atoms with Crippen molar-refractivity contribution in [2.75, 3.05) is 18.5 Å². The second kappa shape index (κ2) is 6.94. The molecule has 1 amide bonds. The van der Waals surface area contributed by atoms with Gasteiger partial charge in [-0.25, -0.2) is 4.98 Å². The average Bonchev–Trinajstić information content (AvgIpc) is 3.11. The molecular weight excluding hydrogens is 336 g/mol. The van der Waals surface area contributed by atoms with E-state index < -0.39 is 0 Å². The molecule has 0 fully saturated rings. The highest BCUT2D eigenvalue weighted by molar-refractivity contribution is 7.09. The smallest absolute Gasteiger partial charge is 0.275 e. The van der Waals surface area contributed by atoms with Crippen molar-refractivity contribution >= 4 is 22.9 Å². The van der Waals surface area contributed by atoms with E-state index >= 15 is 0 Å². The first kappa shape index (κ1) is 15.7. The van der Waals surface area contributed by atoms with E-state index in [2.05, 4.69) is 22.4 Å². The third kappa shape index (κ3) is 3.64. The summed E-state index contributed by atoms with van der Waals surface area (Å²) in [6, 6.07) is 15.4. The minimum absolute atomic E-state index is 0.229. The van der Waals surface area contributed by atoms with E-state index in [9.17, 15) is 4.79 Å². The number of rotatable bonds is 4. The van der Waals surface area contributed by atoms with Crippen LogP contribution in [0.5, 0.6) is 11.5 Å². The number of hydrogen-bond acceptors (Lipinski definition) is 5. The third-order valence-corrected chi connectivity index (χ3v) is 4.63. The summed E-state index contributed by atoms with van der Waals surface area (Å²) in [7, 11) is 0. The zero-order valence-corrected chi connectivity index (χ0v) is 14.2. The van der Waals surface area contributed by atoms with Crippen LogP contribution in [-0.4, -0.2) is 24.1 Å². The number of carbonyl (C=O) groups is 1. The summed E-state index contributed by atoms with van der Waals surface area (Å²) in [5.74, 6) is 1.11. The van der Waals surface area contributed by atoms with Gasteiger partial charge >= 0.3 is 0 Å². The Morgan fingerprint density at radius 3 is 2.72 bits per heavy atom. The number of fused-ring (bicyclic) bond motifs is 1. The topological polar surface area (TPSA) is 60.5 Å². The zero-order chi connectivity index (χ0) is 17.1. The first-order valence-electron chi connectivity index (χ1n) is 7.97. The summed E-state index contributed by atoms with van der Waals surface area (Å²) >= 11 is 1.49. The molecule has 25 heavy (non-hydrogen) atoms. The molecule has 0 saturated carbocycles. The van der Waals surface area contributed by atoms with Gasteiger partial charge in [0, 0.05) is 23.6 Å². The number of benzene rings is 2. The van der Waals surface area contributed by atoms with Gasteiger partial charge in [0.2, 0.25) is 0 Å². The standard InChI is InChI=1S/C19H16N2O3S/c22-19(20-14-6-7-16-17(11-14)24-9-8-23-16)15-12-25-18(21-15)10-13-4-2-1-3-5-13/h1-7,11-12H,8-10H2,(H,20,22). The molecule has 0 bridgehead atoms. The fraction of sp³-hybridized carbons (Fsp3) is 0.158. The Bertz CT molecular complexity index is 893. The summed E-state index contributed by atoms with van der Waals surface area (Å²) in [5, 5.41) is 5.55. The van der Waals surface area contributed by atoms with Crippen molar-refractivity contribution in [1.82, 2.24) is 4.98 Å². The summed E-state index contributed by atoms with van der Waals surface area (Å²) in [4.78, 5) is 16.8. The van der Waals surface area contributed by atoms with Crippen molar-refractivity contribution in [3.05, 3.63) is 70.2 Å². The number of carbonyl (C=O) groups excluding carboxylic acids is 1. The van der Waals surface area contributed by atoms with Crippen molar-refractivity contribution in [1.29, 1.82) is 0 Å². The fourth-order valence-corrected chi connectivity index (χ4v) is 3.39. The average molecular weight is 352 g/mol. The second-order valence-electron chi connectivity index (χ2n) is 5.60. The van der Waals surface area contributed by atoms with Crippen LogP contribution < -0.4 is 14.8 Å². The van der Waals surface area contributed by atoms with E-state index in [1.165, 1.54) is 16.9 Å². The summed E-state index contributed by atoms with van der Waals surface area (Å²) in [6.45, 7) is 1.06. The molecule has 1 N–H and O–H groups in total. The monoisotopic (exact) mass is 352 g/mol. The number of hydrogen-bond donors (Lipinski definition) is 1. The molecule has 6 heteroatoms. The number of ether oxygens (including phenoxy) is 2. The fourth-order valence-electron chi connectivity index (χ4n) is 2.58. The van der Waals surface area contributed by atoms with Gasteiger partial charge in [-0.2, -0.15) is 0 Å². The molecule has 2 aromatic carbocycles. The van der Waals surface area contributed by atoms with E-state index in [-0.39, 0.29) is 5.91 Å². The van der Waals surface area contributed by atoms with Crippen molar-refractivity contribution in [3.63, 3.8) is 0 Å². The Balaban J connectivity index is 1.45. The molecule has 2 heterocycles. The summed E-state index contributed by atoms with van der Waals surface area (Å²) in [5.41, 5.74) is 2.26. The third-order valence-electron chi connectivity index (χ3n) is 3.78. The van der Waals surface area contributed by atoms with Gasteiger partial charge < -0.3 is 14.8 Å². The minimum Gasteiger partial charge on any atom is -0.486 e. The van der Waals surface area contributed by atoms with Crippen LogP contribution >= 0.6 is 11.3 Å². The maximum atomic E-state index is 12.4. The molecule has 126 valence electrons. The van der Waals surface area contributed by atoms with Gasteiger partial charge in [0.25, 0.3) is 5.91 Å². The predicted molar refractivity (Wildman–Crippen MR) is 96.7 cm³/mol. The lowest BCUT2D eigenvalue weighted by Crippen LogP contribution is -2.16. The van der Waals surface area contributed by atoms with Gasteiger partial charge in [0.1, 0.15) is 18.9 Å². The normalized spacial score (nSPS) is 12.6. The number of nitrogens with one attached hydrogen (secondary N) is 1. The molecule has 0 saturated heterocycles. The molecule has 1 aliphatic rings. The minimum atomic E-state index is -0.229. The molecule has 1 aliphatic heterocycles. The highest BCUT2D eigenvalue weighted by Gasteiger charge is 2.15. The lowest BCUT2D eigenvalue weighted by Gasteiger charge is -2.18. The zero-order valence-electron chi connectivity index (χ0n) is 13.4. The predicted octanol–water partition coefficient (Wildman–Crippen LogP) is 3.76. The van der Waals surface area contributed by atoms with Gasteiger partial charge in [0.15, 0.2) is 11.5 Å². The molecule has 0 unspecified atom stereocenters. The number of anilines is 1. The Kier molecular flexibility index (Phi) is 4.35. The van der Waals surface area contributed by atoms with Crippen molar-refractivity contribution < 1.29 is 14.3 Å². The van der Waals surface area contributed by atoms with Crippen molar-refractivity contribution in [2.24, 2.45) is 0 Å². The Hall–Kier alpha value is -2.86. The Morgan fingerprint density at radius 2 is 1.88 bits per heavy atom.